The van der Waals surface area contributed by atoms with E-state index in [9.17, 15) is 0 Å². The van der Waals surface area contributed by atoms with Crippen LogP contribution < -0.4 is 5.73 Å². The molecule has 0 aromatic rings. The summed E-state index contributed by atoms with van der Waals surface area (Å²) in [6, 6.07) is 0. The molecule has 0 aromatic carbocycles. The van der Waals surface area contributed by atoms with E-state index in [1.807, 2.05) is 0 Å². The van der Waals surface area contributed by atoms with Crippen molar-refractivity contribution in [2.45, 2.75) is 51.0 Å². The van der Waals surface area contributed by atoms with Gasteiger partial charge in [0.15, 0.2) is 0 Å². The van der Waals surface area contributed by atoms with E-state index in [0.717, 1.165) is 18.4 Å². The third kappa shape index (κ3) is 2.45. The molecule has 3 aliphatic rings. The molecule has 3 nitrogen and oxygen atoms in total. The Bertz CT molecular complexity index is 298. The summed E-state index contributed by atoms with van der Waals surface area (Å²) < 4.78 is 0. The minimum absolute atomic E-state index is 0.351. The van der Waals surface area contributed by atoms with Crippen molar-refractivity contribution in [2.24, 2.45) is 17.6 Å². The van der Waals surface area contributed by atoms with Gasteiger partial charge < -0.3 is 10.6 Å². The van der Waals surface area contributed by atoms with Gasteiger partial charge in [0.2, 0.25) is 0 Å². The van der Waals surface area contributed by atoms with Gasteiger partial charge in [-0.05, 0) is 63.7 Å². The van der Waals surface area contributed by atoms with Crippen LogP contribution in [-0.4, -0.2) is 54.6 Å². The van der Waals surface area contributed by atoms with Gasteiger partial charge in [0.05, 0.1) is 0 Å². The quantitative estimate of drug-likeness (QED) is 0.843. The maximum absolute atomic E-state index is 6.29. The smallest absolute Gasteiger partial charge is 0.0384 e. The zero-order valence-electron chi connectivity index (χ0n) is 12.6. The molecule has 3 heteroatoms. The Balaban J connectivity index is 1.66. The Hall–Kier alpha value is -0.120. The summed E-state index contributed by atoms with van der Waals surface area (Å²) in [6.07, 6.45) is 8.29. The van der Waals surface area contributed by atoms with Crippen molar-refractivity contribution >= 4 is 0 Å². The molecule has 3 saturated heterocycles. The zero-order valence-corrected chi connectivity index (χ0v) is 12.6. The van der Waals surface area contributed by atoms with E-state index in [1.54, 1.807) is 0 Å². The molecule has 0 aliphatic carbocycles. The van der Waals surface area contributed by atoms with E-state index in [2.05, 4.69) is 16.7 Å². The summed E-state index contributed by atoms with van der Waals surface area (Å²) >= 11 is 0. The van der Waals surface area contributed by atoms with Gasteiger partial charge in [0.1, 0.15) is 0 Å². The summed E-state index contributed by atoms with van der Waals surface area (Å²) in [5.74, 6) is 1.83. The van der Waals surface area contributed by atoms with E-state index in [-0.39, 0.29) is 0 Å². The van der Waals surface area contributed by atoms with Gasteiger partial charge in [-0.15, -0.1) is 0 Å². The normalized spacial score (nSPS) is 40.7. The standard InChI is InChI=1S/C16H31N3/c1-2-3-14-4-9-19(10-5-14)16(13-17)7-11-18-8-6-15(16)12-18/h14-15H,2-13,17H2,1H3. The fourth-order valence-electron chi connectivity index (χ4n) is 4.92. The van der Waals surface area contributed by atoms with E-state index in [4.69, 9.17) is 5.73 Å². The molecule has 3 unspecified atom stereocenters. The molecule has 3 heterocycles. The first kappa shape index (κ1) is 13.8. The number of hydrogen-bond donors (Lipinski definition) is 1. The van der Waals surface area contributed by atoms with Crippen LogP contribution in [-0.2, 0) is 0 Å². The van der Waals surface area contributed by atoms with Crippen molar-refractivity contribution in [1.82, 2.24) is 9.80 Å². The highest BCUT2D eigenvalue weighted by molar-refractivity contribution is 5.05. The van der Waals surface area contributed by atoms with Crippen molar-refractivity contribution in [1.29, 1.82) is 0 Å². The molecule has 0 amide bonds. The summed E-state index contributed by atoms with van der Waals surface area (Å²) in [6.45, 7) is 9.72. The number of hydrogen-bond acceptors (Lipinski definition) is 3. The van der Waals surface area contributed by atoms with Crippen LogP contribution in [0.2, 0.25) is 0 Å². The van der Waals surface area contributed by atoms with Gasteiger partial charge >= 0.3 is 0 Å². The minimum Gasteiger partial charge on any atom is -0.329 e. The monoisotopic (exact) mass is 265 g/mol. The molecule has 3 aliphatic heterocycles. The Morgan fingerprint density at radius 2 is 1.89 bits per heavy atom. The van der Waals surface area contributed by atoms with Crippen molar-refractivity contribution in [2.75, 3.05) is 39.3 Å². The van der Waals surface area contributed by atoms with Crippen LogP contribution in [0.5, 0.6) is 0 Å². The van der Waals surface area contributed by atoms with E-state index >= 15 is 0 Å². The average Bonchev–Trinajstić information content (AvgIpc) is 2.85. The van der Waals surface area contributed by atoms with Gasteiger partial charge in [-0.2, -0.15) is 0 Å². The predicted molar refractivity (Wildman–Crippen MR) is 80.2 cm³/mol. The number of nitrogens with zero attached hydrogens (tertiary/aromatic N) is 2. The highest BCUT2D eigenvalue weighted by Crippen LogP contribution is 2.41. The topological polar surface area (TPSA) is 32.5 Å². The second-order valence-corrected chi connectivity index (χ2v) is 7.06. The first-order valence-electron chi connectivity index (χ1n) is 8.46. The molecular formula is C16H31N3. The van der Waals surface area contributed by atoms with Crippen LogP contribution in [0.25, 0.3) is 0 Å². The molecule has 0 spiro atoms. The number of fused-ring (bicyclic) bond motifs is 2. The molecule has 19 heavy (non-hydrogen) atoms. The lowest BCUT2D eigenvalue weighted by molar-refractivity contribution is -0.0143. The lowest BCUT2D eigenvalue weighted by atomic mass is 9.75. The molecule has 2 bridgehead atoms. The lowest BCUT2D eigenvalue weighted by Crippen LogP contribution is -2.63. The predicted octanol–water partition coefficient (Wildman–Crippen LogP) is 1.92. The van der Waals surface area contributed by atoms with Gasteiger partial charge in [-0.1, -0.05) is 19.8 Å². The first-order chi connectivity index (χ1) is 9.28. The summed E-state index contributed by atoms with van der Waals surface area (Å²) in [5.41, 5.74) is 6.64. The third-order valence-corrected chi connectivity index (χ3v) is 6.19. The molecular weight excluding hydrogens is 234 g/mol. The molecule has 0 aromatic heterocycles. The van der Waals surface area contributed by atoms with Crippen LogP contribution in [0, 0.1) is 11.8 Å². The number of likely N-dealkylation sites (tertiary alicyclic amines) is 1. The fourth-order valence-corrected chi connectivity index (χ4v) is 4.92. The maximum Gasteiger partial charge on any atom is 0.0384 e. The largest absolute Gasteiger partial charge is 0.329 e. The average molecular weight is 265 g/mol. The second kappa shape index (κ2) is 5.71. The molecule has 2 N–H and O–H groups in total. The van der Waals surface area contributed by atoms with E-state index in [1.165, 1.54) is 71.2 Å². The zero-order chi connectivity index (χ0) is 13.3. The molecule has 3 fully saturated rings. The highest BCUT2D eigenvalue weighted by Gasteiger charge is 2.49. The molecule has 3 atom stereocenters. The Morgan fingerprint density at radius 1 is 1.11 bits per heavy atom. The fraction of sp³-hybridized carbons (Fsp3) is 1.00. The molecule has 0 radical (unpaired) electrons. The molecule has 0 saturated carbocycles. The highest BCUT2D eigenvalue weighted by atomic mass is 15.3. The third-order valence-electron chi connectivity index (χ3n) is 6.19. The van der Waals surface area contributed by atoms with E-state index in [0.29, 0.717) is 5.54 Å². The van der Waals surface area contributed by atoms with Crippen molar-refractivity contribution in [3.8, 4) is 0 Å². The minimum atomic E-state index is 0.351. The van der Waals surface area contributed by atoms with Crippen molar-refractivity contribution in [3.05, 3.63) is 0 Å². The van der Waals surface area contributed by atoms with Gasteiger partial charge in [0, 0.05) is 18.6 Å². The first-order valence-corrected chi connectivity index (χ1v) is 8.46. The van der Waals surface area contributed by atoms with E-state index < -0.39 is 0 Å². The Morgan fingerprint density at radius 3 is 2.58 bits per heavy atom. The Kier molecular flexibility index (Phi) is 4.16. The van der Waals surface area contributed by atoms with Crippen LogP contribution in [0.15, 0.2) is 0 Å². The van der Waals surface area contributed by atoms with Crippen molar-refractivity contribution < 1.29 is 0 Å². The van der Waals surface area contributed by atoms with Gasteiger partial charge in [0.25, 0.3) is 0 Å². The van der Waals surface area contributed by atoms with Crippen LogP contribution in [0.4, 0.5) is 0 Å². The summed E-state index contributed by atoms with van der Waals surface area (Å²) in [4.78, 5) is 5.44. The Labute approximate surface area is 118 Å². The summed E-state index contributed by atoms with van der Waals surface area (Å²) in [5, 5.41) is 0. The number of nitrogens with two attached hydrogens (primary N) is 1. The van der Waals surface area contributed by atoms with Gasteiger partial charge in [-0.25, -0.2) is 0 Å². The number of piperidine rings is 2. The van der Waals surface area contributed by atoms with Crippen LogP contribution in [0.1, 0.15) is 45.4 Å². The SMILES string of the molecule is CCCC1CCN(C2(CN)CCN3CCC2C3)CC1. The molecule has 3 rings (SSSR count). The van der Waals surface area contributed by atoms with Crippen molar-refractivity contribution in [3.63, 3.8) is 0 Å². The maximum atomic E-state index is 6.29. The lowest BCUT2D eigenvalue weighted by Gasteiger charge is -2.52. The van der Waals surface area contributed by atoms with Crippen LogP contribution >= 0.6 is 0 Å². The second-order valence-electron chi connectivity index (χ2n) is 7.06. The summed E-state index contributed by atoms with van der Waals surface area (Å²) in [7, 11) is 0. The molecule has 110 valence electrons. The van der Waals surface area contributed by atoms with Crippen LogP contribution in [0.3, 0.4) is 0 Å². The van der Waals surface area contributed by atoms with Gasteiger partial charge in [-0.3, -0.25) is 4.90 Å². The number of rotatable bonds is 4.